The maximum atomic E-state index is 11.9. The molecule has 0 saturated heterocycles. The summed E-state index contributed by atoms with van der Waals surface area (Å²) in [6.45, 7) is 0.518. The van der Waals surface area contributed by atoms with Crippen LogP contribution in [-0.4, -0.2) is 33.8 Å². The first-order valence-corrected chi connectivity index (χ1v) is 7.40. The Morgan fingerprint density at radius 1 is 1.41 bits per heavy atom. The normalized spacial score (nSPS) is 18.9. The second kappa shape index (κ2) is 5.96. The Kier molecular flexibility index (Phi) is 4.56. The summed E-state index contributed by atoms with van der Waals surface area (Å²) in [6.07, 6.45) is 1.81. The molecule has 1 fully saturated rings. The predicted octanol–water partition coefficient (Wildman–Crippen LogP) is 1.56. The molecule has 1 aromatic carbocycles. The van der Waals surface area contributed by atoms with E-state index in [-0.39, 0.29) is 5.75 Å². The van der Waals surface area contributed by atoms with E-state index in [1.54, 1.807) is 24.3 Å². The number of benzene rings is 1. The molecule has 1 aromatic rings. The maximum Gasteiger partial charge on any atom is 0.0783 e. The SMILES string of the molecule is O=S(CC(O)CNC1CC1)c1ccc(Cl)cc1. The van der Waals surface area contributed by atoms with Crippen LogP contribution in [0.3, 0.4) is 0 Å². The van der Waals surface area contributed by atoms with E-state index in [9.17, 15) is 9.32 Å². The molecule has 0 amide bonds. The summed E-state index contributed by atoms with van der Waals surface area (Å²) in [5.74, 6) is 0.265. The molecule has 0 spiro atoms. The van der Waals surface area contributed by atoms with E-state index >= 15 is 0 Å². The quantitative estimate of drug-likeness (QED) is 0.827. The molecule has 2 atom stereocenters. The third-order valence-electron chi connectivity index (χ3n) is 2.64. The van der Waals surface area contributed by atoms with Crippen LogP contribution in [0.15, 0.2) is 29.2 Å². The van der Waals surface area contributed by atoms with Gasteiger partial charge in [-0.05, 0) is 37.1 Å². The van der Waals surface area contributed by atoms with Gasteiger partial charge in [0.1, 0.15) is 0 Å². The summed E-state index contributed by atoms with van der Waals surface area (Å²) in [4.78, 5) is 0.708. The van der Waals surface area contributed by atoms with Crippen molar-refractivity contribution in [3.8, 4) is 0 Å². The van der Waals surface area contributed by atoms with Gasteiger partial charge in [0, 0.05) is 22.5 Å². The average molecular weight is 274 g/mol. The van der Waals surface area contributed by atoms with Gasteiger partial charge in [-0.3, -0.25) is 4.21 Å². The molecule has 1 aliphatic rings. The van der Waals surface area contributed by atoms with Gasteiger partial charge in [0.25, 0.3) is 0 Å². The zero-order chi connectivity index (χ0) is 12.3. The van der Waals surface area contributed by atoms with E-state index in [1.165, 1.54) is 12.8 Å². The number of nitrogens with one attached hydrogen (secondary N) is 1. The average Bonchev–Trinajstić information content (AvgIpc) is 3.11. The Bertz CT molecular complexity index is 392. The topological polar surface area (TPSA) is 49.3 Å². The molecule has 0 aliphatic heterocycles. The van der Waals surface area contributed by atoms with Crippen LogP contribution in [0.1, 0.15) is 12.8 Å². The van der Waals surface area contributed by atoms with Crippen molar-refractivity contribution in [3.05, 3.63) is 29.3 Å². The zero-order valence-electron chi connectivity index (χ0n) is 9.43. The van der Waals surface area contributed by atoms with Gasteiger partial charge in [0.15, 0.2) is 0 Å². The molecule has 17 heavy (non-hydrogen) atoms. The molecule has 0 heterocycles. The molecule has 2 N–H and O–H groups in total. The molecule has 1 aliphatic carbocycles. The third kappa shape index (κ3) is 4.39. The lowest BCUT2D eigenvalue weighted by atomic mass is 10.4. The highest BCUT2D eigenvalue weighted by Crippen LogP contribution is 2.18. The smallest absolute Gasteiger partial charge is 0.0783 e. The predicted molar refractivity (Wildman–Crippen MR) is 69.8 cm³/mol. The first kappa shape index (κ1) is 13.0. The van der Waals surface area contributed by atoms with E-state index in [1.807, 2.05) is 0 Å². The van der Waals surface area contributed by atoms with Crippen LogP contribution in [0.4, 0.5) is 0 Å². The highest BCUT2D eigenvalue weighted by atomic mass is 35.5. The van der Waals surface area contributed by atoms with E-state index in [2.05, 4.69) is 5.32 Å². The van der Waals surface area contributed by atoms with Crippen LogP contribution >= 0.6 is 11.6 Å². The fraction of sp³-hybridized carbons (Fsp3) is 0.500. The number of hydrogen-bond acceptors (Lipinski definition) is 3. The Balaban J connectivity index is 1.80. The van der Waals surface area contributed by atoms with Crippen molar-refractivity contribution in [2.75, 3.05) is 12.3 Å². The first-order chi connectivity index (χ1) is 8.15. The highest BCUT2D eigenvalue weighted by Gasteiger charge is 2.21. The van der Waals surface area contributed by atoms with Crippen molar-refractivity contribution >= 4 is 22.4 Å². The molecule has 0 radical (unpaired) electrons. The molecule has 0 bridgehead atoms. The van der Waals surface area contributed by atoms with Crippen molar-refractivity contribution in [3.63, 3.8) is 0 Å². The number of halogens is 1. The minimum Gasteiger partial charge on any atom is -0.391 e. The van der Waals surface area contributed by atoms with Gasteiger partial charge in [-0.1, -0.05) is 11.6 Å². The standard InChI is InChI=1S/C12H16ClNO2S/c13-9-1-5-12(6-2-9)17(16)8-11(15)7-14-10-3-4-10/h1-2,5-6,10-11,14-15H,3-4,7-8H2. The van der Waals surface area contributed by atoms with Crippen molar-refractivity contribution in [1.29, 1.82) is 0 Å². The van der Waals surface area contributed by atoms with Gasteiger partial charge in [-0.15, -0.1) is 0 Å². The second-order valence-corrected chi connectivity index (χ2v) is 6.23. The van der Waals surface area contributed by atoms with Crippen molar-refractivity contribution in [1.82, 2.24) is 5.32 Å². The summed E-state index contributed by atoms with van der Waals surface area (Å²) in [5.41, 5.74) is 0. The highest BCUT2D eigenvalue weighted by molar-refractivity contribution is 7.85. The van der Waals surface area contributed by atoms with Gasteiger partial charge >= 0.3 is 0 Å². The maximum absolute atomic E-state index is 11.9. The molecule has 5 heteroatoms. The molecule has 2 unspecified atom stereocenters. The Morgan fingerprint density at radius 3 is 2.65 bits per heavy atom. The van der Waals surface area contributed by atoms with Crippen LogP contribution in [0, 0.1) is 0 Å². The molecule has 94 valence electrons. The second-order valence-electron chi connectivity index (χ2n) is 4.30. The number of aliphatic hydroxyl groups excluding tert-OH is 1. The molecule has 3 nitrogen and oxygen atoms in total. The fourth-order valence-electron chi connectivity index (χ4n) is 1.51. The Morgan fingerprint density at radius 2 is 2.06 bits per heavy atom. The fourth-order valence-corrected chi connectivity index (χ4v) is 2.73. The first-order valence-electron chi connectivity index (χ1n) is 5.70. The molecular formula is C12H16ClNO2S. The van der Waals surface area contributed by atoms with Crippen LogP contribution < -0.4 is 5.32 Å². The van der Waals surface area contributed by atoms with Crippen molar-refractivity contribution in [2.24, 2.45) is 0 Å². The molecule has 1 saturated carbocycles. The van der Waals surface area contributed by atoms with E-state index in [4.69, 9.17) is 11.6 Å². The van der Waals surface area contributed by atoms with Crippen molar-refractivity contribution in [2.45, 2.75) is 29.9 Å². The van der Waals surface area contributed by atoms with Gasteiger partial charge < -0.3 is 10.4 Å². The van der Waals surface area contributed by atoms with E-state index in [0.29, 0.717) is 22.5 Å². The molecular weight excluding hydrogens is 258 g/mol. The van der Waals surface area contributed by atoms with E-state index in [0.717, 1.165) is 0 Å². The third-order valence-corrected chi connectivity index (χ3v) is 4.38. The lowest BCUT2D eigenvalue weighted by molar-refractivity contribution is 0.194. The lowest BCUT2D eigenvalue weighted by Gasteiger charge is -2.11. The molecule has 0 aromatic heterocycles. The number of hydrogen-bond donors (Lipinski definition) is 2. The van der Waals surface area contributed by atoms with Crippen LogP contribution in [0.25, 0.3) is 0 Å². The van der Waals surface area contributed by atoms with Gasteiger partial charge in [-0.25, -0.2) is 0 Å². The monoisotopic (exact) mass is 273 g/mol. The van der Waals surface area contributed by atoms with E-state index < -0.39 is 16.9 Å². The van der Waals surface area contributed by atoms with Crippen LogP contribution in [-0.2, 0) is 10.8 Å². The number of rotatable bonds is 6. The minimum absolute atomic E-state index is 0.265. The summed E-state index contributed by atoms with van der Waals surface area (Å²) >= 11 is 5.76. The van der Waals surface area contributed by atoms with Gasteiger partial charge in [-0.2, -0.15) is 0 Å². The van der Waals surface area contributed by atoms with Gasteiger partial charge in [0.2, 0.25) is 0 Å². The van der Waals surface area contributed by atoms with Crippen molar-refractivity contribution < 1.29 is 9.32 Å². The molecule has 2 rings (SSSR count). The lowest BCUT2D eigenvalue weighted by Crippen LogP contribution is -2.32. The van der Waals surface area contributed by atoms with Gasteiger partial charge in [0.05, 0.1) is 22.7 Å². The summed E-state index contributed by atoms with van der Waals surface area (Å²) < 4.78 is 11.9. The Hall–Kier alpha value is -0.420. The number of aliphatic hydroxyl groups is 1. The van der Waals surface area contributed by atoms with Crippen LogP contribution in [0.5, 0.6) is 0 Å². The zero-order valence-corrected chi connectivity index (χ0v) is 11.0. The largest absolute Gasteiger partial charge is 0.391 e. The summed E-state index contributed by atoms with van der Waals surface area (Å²) in [6, 6.07) is 7.46. The summed E-state index contributed by atoms with van der Waals surface area (Å²) in [5, 5.41) is 13.6. The summed E-state index contributed by atoms with van der Waals surface area (Å²) in [7, 11) is -1.16. The van der Waals surface area contributed by atoms with Crippen LogP contribution in [0.2, 0.25) is 5.02 Å². The minimum atomic E-state index is -1.16. The Labute approximate surface area is 109 Å².